The maximum atomic E-state index is 9.82. The van der Waals surface area contributed by atoms with Crippen LogP contribution in [0.1, 0.15) is 13.8 Å². The number of rotatable bonds is 4. The molecule has 0 amide bonds. The van der Waals surface area contributed by atoms with Gasteiger partial charge in [-0.15, -0.1) is 11.3 Å². The summed E-state index contributed by atoms with van der Waals surface area (Å²) in [7, 11) is 0. The number of hydrogen-bond acceptors (Lipinski definition) is 4. The Hall–Kier alpha value is -1.91. The molecule has 3 rings (SSSR count). The van der Waals surface area contributed by atoms with Crippen LogP contribution >= 0.6 is 11.3 Å². The van der Waals surface area contributed by atoms with Gasteiger partial charge in [0.05, 0.1) is 21.4 Å². The van der Waals surface area contributed by atoms with Crippen molar-refractivity contribution in [2.75, 3.05) is 6.61 Å². The molecule has 0 aliphatic rings. The SMILES string of the molecule is CC(C)(O)COc1ccccc1-c1nc2ccccc2s1. The molecule has 0 spiro atoms. The van der Waals surface area contributed by atoms with Crippen LogP contribution in [0.4, 0.5) is 0 Å². The van der Waals surface area contributed by atoms with Crippen LogP contribution in [-0.4, -0.2) is 22.3 Å². The van der Waals surface area contributed by atoms with Crippen molar-refractivity contribution in [3.05, 3.63) is 48.5 Å². The van der Waals surface area contributed by atoms with Gasteiger partial charge in [0, 0.05) is 0 Å². The second-order valence-corrected chi connectivity index (χ2v) is 6.61. The lowest BCUT2D eigenvalue weighted by molar-refractivity contribution is 0.0287. The first kappa shape index (κ1) is 14.0. The Morgan fingerprint density at radius 3 is 2.57 bits per heavy atom. The molecule has 3 aromatic rings. The van der Waals surface area contributed by atoms with Crippen LogP contribution in [0.2, 0.25) is 0 Å². The van der Waals surface area contributed by atoms with E-state index in [1.165, 1.54) is 0 Å². The summed E-state index contributed by atoms with van der Waals surface area (Å²) in [4.78, 5) is 4.66. The Labute approximate surface area is 127 Å². The van der Waals surface area contributed by atoms with Crippen molar-refractivity contribution in [1.82, 2.24) is 4.98 Å². The van der Waals surface area contributed by atoms with Crippen LogP contribution in [-0.2, 0) is 0 Å². The zero-order chi connectivity index (χ0) is 14.9. The lowest BCUT2D eigenvalue weighted by Gasteiger charge is -2.18. The number of ether oxygens (including phenoxy) is 1. The third kappa shape index (κ3) is 3.23. The summed E-state index contributed by atoms with van der Waals surface area (Å²) < 4.78 is 6.93. The molecule has 2 aromatic carbocycles. The Bertz CT molecular complexity index is 726. The fourth-order valence-corrected chi connectivity index (χ4v) is 3.01. The maximum absolute atomic E-state index is 9.82. The van der Waals surface area contributed by atoms with E-state index in [4.69, 9.17) is 4.74 Å². The van der Waals surface area contributed by atoms with Crippen LogP contribution in [0.5, 0.6) is 5.75 Å². The molecular weight excluding hydrogens is 282 g/mol. The average molecular weight is 299 g/mol. The third-order valence-corrected chi connectivity index (χ3v) is 4.06. The molecule has 108 valence electrons. The number of benzene rings is 2. The lowest BCUT2D eigenvalue weighted by Crippen LogP contribution is -2.27. The molecule has 0 unspecified atom stereocenters. The highest BCUT2D eigenvalue weighted by Gasteiger charge is 2.16. The number of hydrogen-bond donors (Lipinski definition) is 1. The van der Waals surface area contributed by atoms with E-state index in [2.05, 4.69) is 11.1 Å². The largest absolute Gasteiger partial charge is 0.490 e. The topological polar surface area (TPSA) is 42.4 Å². The number of thiazole rings is 1. The number of nitrogens with zero attached hydrogens (tertiary/aromatic N) is 1. The molecule has 0 bridgehead atoms. The van der Waals surface area contributed by atoms with E-state index in [9.17, 15) is 5.11 Å². The van der Waals surface area contributed by atoms with Crippen molar-refractivity contribution >= 4 is 21.6 Å². The van der Waals surface area contributed by atoms with Crippen LogP contribution < -0.4 is 4.74 Å². The molecule has 1 aromatic heterocycles. The summed E-state index contributed by atoms with van der Waals surface area (Å²) in [6, 6.07) is 15.9. The first-order valence-electron chi connectivity index (χ1n) is 6.83. The summed E-state index contributed by atoms with van der Waals surface area (Å²) in [5.41, 5.74) is 1.10. The van der Waals surface area contributed by atoms with Gasteiger partial charge in [-0.2, -0.15) is 0 Å². The van der Waals surface area contributed by atoms with Crippen LogP contribution in [0.15, 0.2) is 48.5 Å². The number of fused-ring (bicyclic) bond motifs is 1. The quantitative estimate of drug-likeness (QED) is 0.788. The Kier molecular flexibility index (Phi) is 3.66. The number of aromatic nitrogens is 1. The van der Waals surface area contributed by atoms with Crippen molar-refractivity contribution in [1.29, 1.82) is 0 Å². The zero-order valence-electron chi connectivity index (χ0n) is 12.0. The molecule has 4 heteroatoms. The molecule has 3 nitrogen and oxygen atoms in total. The zero-order valence-corrected chi connectivity index (χ0v) is 12.9. The summed E-state index contributed by atoms with van der Waals surface area (Å²) >= 11 is 1.64. The summed E-state index contributed by atoms with van der Waals surface area (Å²) in [5, 5.41) is 10.7. The number of para-hydroxylation sites is 2. The van der Waals surface area contributed by atoms with E-state index in [0.717, 1.165) is 26.5 Å². The van der Waals surface area contributed by atoms with E-state index in [1.807, 2.05) is 42.5 Å². The second-order valence-electron chi connectivity index (χ2n) is 5.58. The van der Waals surface area contributed by atoms with Crippen LogP contribution in [0.25, 0.3) is 20.8 Å². The van der Waals surface area contributed by atoms with Gasteiger partial charge in [-0.1, -0.05) is 24.3 Å². The van der Waals surface area contributed by atoms with E-state index in [0.29, 0.717) is 0 Å². The van der Waals surface area contributed by atoms with Crippen molar-refractivity contribution < 1.29 is 9.84 Å². The van der Waals surface area contributed by atoms with Gasteiger partial charge >= 0.3 is 0 Å². The predicted octanol–water partition coefficient (Wildman–Crippen LogP) is 4.11. The van der Waals surface area contributed by atoms with Crippen LogP contribution in [0, 0.1) is 0 Å². The molecule has 0 atom stereocenters. The van der Waals surface area contributed by atoms with Gasteiger partial charge in [0.25, 0.3) is 0 Å². The minimum absolute atomic E-state index is 0.245. The van der Waals surface area contributed by atoms with Gasteiger partial charge in [-0.25, -0.2) is 4.98 Å². The van der Waals surface area contributed by atoms with E-state index >= 15 is 0 Å². The van der Waals surface area contributed by atoms with Gasteiger partial charge in [0.15, 0.2) is 0 Å². The summed E-state index contributed by atoms with van der Waals surface area (Å²) in [6.45, 7) is 3.70. The fraction of sp³-hybridized carbons (Fsp3) is 0.235. The Balaban J connectivity index is 1.98. The number of aliphatic hydroxyl groups is 1. The van der Waals surface area contributed by atoms with Crippen molar-refractivity contribution in [2.24, 2.45) is 0 Å². The molecule has 0 aliphatic carbocycles. The Morgan fingerprint density at radius 2 is 1.81 bits per heavy atom. The average Bonchev–Trinajstić information content (AvgIpc) is 2.88. The second kappa shape index (κ2) is 5.47. The van der Waals surface area contributed by atoms with Gasteiger partial charge in [0.1, 0.15) is 17.4 Å². The highest BCUT2D eigenvalue weighted by atomic mass is 32.1. The smallest absolute Gasteiger partial charge is 0.129 e. The van der Waals surface area contributed by atoms with Crippen LogP contribution in [0.3, 0.4) is 0 Å². The normalized spacial score (nSPS) is 11.8. The molecule has 0 saturated carbocycles. The minimum atomic E-state index is -0.860. The van der Waals surface area contributed by atoms with Gasteiger partial charge < -0.3 is 9.84 Å². The van der Waals surface area contributed by atoms with Gasteiger partial charge in [0.2, 0.25) is 0 Å². The van der Waals surface area contributed by atoms with Crippen molar-refractivity contribution in [3.8, 4) is 16.3 Å². The molecule has 0 fully saturated rings. The molecule has 0 radical (unpaired) electrons. The molecule has 0 saturated heterocycles. The van der Waals surface area contributed by atoms with Gasteiger partial charge in [-0.3, -0.25) is 0 Å². The summed E-state index contributed by atoms with van der Waals surface area (Å²) in [6.07, 6.45) is 0. The highest BCUT2D eigenvalue weighted by molar-refractivity contribution is 7.21. The molecule has 1 heterocycles. The highest BCUT2D eigenvalue weighted by Crippen LogP contribution is 2.35. The predicted molar refractivity (Wildman–Crippen MR) is 86.8 cm³/mol. The minimum Gasteiger partial charge on any atom is -0.490 e. The molecule has 1 N–H and O–H groups in total. The van der Waals surface area contributed by atoms with Gasteiger partial charge in [-0.05, 0) is 38.1 Å². The molecule has 0 aliphatic heterocycles. The van der Waals surface area contributed by atoms with Crippen molar-refractivity contribution in [3.63, 3.8) is 0 Å². The lowest BCUT2D eigenvalue weighted by atomic mass is 10.1. The fourth-order valence-electron chi connectivity index (χ4n) is 2.01. The molecular formula is C17H17NO2S. The maximum Gasteiger partial charge on any atom is 0.129 e. The Morgan fingerprint density at radius 1 is 1.10 bits per heavy atom. The van der Waals surface area contributed by atoms with E-state index in [1.54, 1.807) is 25.2 Å². The van der Waals surface area contributed by atoms with E-state index in [-0.39, 0.29) is 6.61 Å². The third-order valence-electron chi connectivity index (χ3n) is 2.99. The van der Waals surface area contributed by atoms with E-state index < -0.39 is 5.60 Å². The molecule has 21 heavy (non-hydrogen) atoms. The monoisotopic (exact) mass is 299 g/mol. The van der Waals surface area contributed by atoms with Crippen molar-refractivity contribution in [2.45, 2.75) is 19.4 Å². The standard InChI is InChI=1S/C17H17NO2S/c1-17(2,19)11-20-14-9-5-3-7-12(14)16-18-13-8-4-6-10-15(13)21-16/h3-10,19H,11H2,1-2H3. The summed E-state index contributed by atoms with van der Waals surface area (Å²) in [5.74, 6) is 0.749. The first-order valence-corrected chi connectivity index (χ1v) is 7.65. The first-order chi connectivity index (χ1) is 10.0.